The van der Waals surface area contributed by atoms with E-state index in [0.717, 1.165) is 62.5 Å². The van der Waals surface area contributed by atoms with Crippen LogP contribution in [0.4, 0.5) is 8.78 Å². The van der Waals surface area contributed by atoms with Gasteiger partial charge in [-0.1, -0.05) is 19.8 Å². The molecule has 2 heterocycles. The van der Waals surface area contributed by atoms with Crippen molar-refractivity contribution in [2.75, 3.05) is 6.61 Å². The van der Waals surface area contributed by atoms with Crippen LogP contribution >= 0.6 is 0 Å². The van der Waals surface area contributed by atoms with E-state index >= 15 is 0 Å². The zero-order valence-electron chi connectivity index (χ0n) is 12.5. The molecule has 0 aliphatic carbocycles. The number of ether oxygens (including phenoxy) is 2. The zero-order valence-corrected chi connectivity index (χ0v) is 12.5. The number of benzene rings is 1. The van der Waals surface area contributed by atoms with Gasteiger partial charge in [-0.05, 0) is 38.5 Å². The van der Waals surface area contributed by atoms with Crippen molar-refractivity contribution in [3.8, 4) is 11.5 Å². The van der Waals surface area contributed by atoms with Gasteiger partial charge in [0.15, 0.2) is 11.5 Å². The van der Waals surface area contributed by atoms with Crippen molar-refractivity contribution in [2.45, 2.75) is 64.4 Å². The molecule has 0 radical (unpaired) electrons. The Morgan fingerprint density at radius 3 is 2.62 bits per heavy atom. The van der Waals surface area contributed by atoms with Crippen LogP contribution in [0.5, 0.6) is 11.5 Å². The van der Waals surface area contributed by atoms with Gasteiger partial charge in [-0.25, -0.2) is 0 Å². The van der Waals surface area contributed by atoms with Crippen LogP contribution < -0.4 is 9.47 Å². The van der Waals surface area contributed by atoms with Gasteiger partial charge in [0.1, 0.15) is 0 Å². The number of fused-ring (bicyclic) bond motifs is 3. The minimum Gasteiger partial charge on any atom is -0.490 e. The van der Waals surface area contributed by atoms with Gasteiger partial charge >= 0.3 is 0 Å². The van der Waals surface area contributed by atoms with Gasteiger partial charge in [-0.3, -0.25) is 0 Å². The predicted molar refractivity (Wildman–Crippen MR) is 77.1 cm³/mol. The maximum Gasteiger partial charge on any atom is 0.204 e. The first kappa shape index (κ1) is 14.6. The molecule has 1 atom stereocenters. The summed E-state index contributed by atoms with van der Waals surface area (Å²) in [6, 6.07) is 0. The van der Waals surface area contributed by atoms with Crippen LogP contribution in [0.25, 0.3) is 0 Å². The topological polar surface area (TPSA) is 18.5 Å². The SMILES string of the molecule is CCCCCC1CCc2c3c(c(F)c(F)c2O1)OCCC3. The van der Waals surface area contributed by atoms with E-state index in [1.165, 1.54) is 0 Å². The number of halogens is 2. The molecule has 0 spiro atoms. The molecule has 0 fully saturated rings. The van der Waals surface area contributed by atoms with Crippen molar-refractivity contribution >= 4 is 0 Å². The summed E-state index contributed by atoms with van der Waals surface area (Å²) < 4.78 is 39.5. The first-order chi connectivity index (χ1) is 10.2. The zero-order chi connectivity index (χ0) is 14.8. The molecule has 0 saturated carbocycles. The summed E-state index contributed by atoms with van der Waals surface area (Å²) in [6.07, 6.45) is 7.56. The van der Waals surface area contributed by atoms with Crippen LogP contribution in [0.15, 0.2) is 0 Å². The summed E-state index contributed by atoms with van der Waals surface area (Å²) in [6.45, 7) is 2.61. The lowest BCUT2D eigenvalue weighted by Crippen LogP contribution is -2.26. The van der Waals surface area contributed by atoms with Crippen LogP contribution in [0.3, 0.4) is 0 Å². The second-order valence-electron chi connectivity index (χ2n) is 5.97. The monoisotopic (exact) mass is 296 g/mol. The summed E-state index contributed by atoms with van der Waals surface area (Å²) in [5, 5.41) is 0. The van der Waals surface area contributed by atoms with Gasteiger partial charge in [0, 0.05) is 11.1 Å². The highest BCUT2D eigenvalue weighted by molar-refractivity contribution is 5.52. The molecule has 1 aromatic carbocycles. The van der Waals surface area contributed by atoms with Crippen LogP contribution in [0.2, 0.25) is 0 Å². The Morgan fingerprint density at radius 2 is 1.81 bits per heavy atom. The lowest BCUT2D eigenvalue weighted by molar-refractivity contribution is 0.147. The predicted octanol–water partition coefficient (Wildman–Crippen LogP) is 4.56. The molecular formula is C17H22F2O2. The molecule has 116 valence electrons. The highest BCUT2D eigenvalue weighted by atomic mass is 19.2. The summed E-state index contributed by atoms with van der Waals surface area (Å²) in [5.74, 6) is -1.49. The summed E-state index contributed by atoms with van der Waals surface area (Å²) in [5.41, 5.74) is 1.65. The third kappa shape index (κ3) is 2.72. The van der Waals surface area contributed by atoms with E-state index in [2.05, 4.69) is 6.92 Å². The molecule has 0 amide bonds. The molecule has 2 nitrogen and oxygen atoms in total. The third-order valence-electron chi connectivity index (χ3n) is 4.45. The third-order valence-corrected chi connectivity index (χ3v) is 4.45. The van der Waals surface area contributed by atoms with Crippen molar-refractivity contribution in [3.05, 3.63) is 22.8 Å². The summed E-state index contributed by atoms with van der Waals surface area (Å²) >= 11 is 0. The molecule has 0 bridgehead atoms. The molecule has 0 N–H and O–H groups in total. The molecule has 3 rings (SSSR count). The van der Waals surface area contributed by atoms with E-state index in [0.29, 0.717) is 6.61 Å². The average molecular weight is 296 g/mol. The maximum absolute atomic E-state index is 14.3. The number of rotatable bonds is 4. The second-order valence-corrected chi connectivity index (χ2v) is 5.97. The van der Waals surface area contributed by atoms with Gasteiger partial charge in [0.05, 0.1) is 12.7 Å². The Kier molecular flexibility index (Phi) is 4.32. The molecule has 2 aliphatic heterocycles. The fourth-order valence-electron chi connectivity index (χ4n) is 3.32. The summed E-state index contributed by atoms with van der Waals surface area (Å²) in [7, 11) is 0. The molecule has 0 aromatic heterocycles. The lowest BCUT2D eigenvalue weighted by Gasteiger charge is -2.30. The quantitative estimate of drug-likeness (QED) is 0.758. The lowest BCUT2D eigenvalue weighted by atomic mass is 9.91. The number of unbranched alkanes of at least 4 members (excludes halogenated alkanes) is 2. The van der Waals surface area contributed by atoms with Crippen molar-refractivity contribution < 1.29 is 18.3 Å². The van der Waals surface area contributed by atoms with Gasteiger partial charge in [0.2, 0.25) is 11.6 Å². The fourth-order valence-corrected chi connectivity index (χ4v) is 3.32. The van der Waals surface area contributed by atoms with E-state index in [1.807, 2.05) is 0 Å². The highest BCUT2D eigenvalue weighted by Crippen LogP contribution is 2.43. The Labute approximate surface area is 124 Å². The van der Waals surface area contributed by atoms with Gasteiger partial charge in [-0.15, -0.1) is 0 Å². The molecule has 1 unspecified atom stereocenters. The normalized spacial score (nSPS) is 20.2. The van der Waals surface area contributed by atoms with Crippen LogP contribution in [-0.2, 0) is 12.8 Å². The summed E-state index contributed by atoms with van der Waals surface area (Å²) in [4.78, 5) is 0. The minimum absolute atomic E-state index is 0.0144. The standard InChI is InChI=1S/C17H22F2O2/c1-2-3-4-6-11-8-9-13-12-7-5-10-20-16(12)14(18)15(19)17(13)21-11/h11H,2-10H2,1H3. The smallest absolute Gasteiger partial charge is 0.204 e. The molecular weight excluding hydrogens is 274 g/mol. The van der Waals surface area contributed by atoms with Crippen molar-refractivity contribution in [2.24, 2.45) is 0 Å². The first-order valence-corrected chi connectivity index (χ1v) is 8.04. The Morgan fingerprint density at radius 1 is 1.05 bits per heavy atom. The van der Waals surface area contributed by atoms with Crippen molar-refractivity contribution in [1.82, 2.24) is 0 Å². The Hall–Kier alpha value is -1.32. The maximum atomic E-state index is 14.3. The van der Waals surface area contributed by atoms with Crippen LogP contribution in [0.1, 0.15) is 56.6 Å². The molecule has 0 saturated heterocycles. The van der Waals surface area contributed by atoms with Crippen molar-refractivity contribution in [1.29, 1.82) is 0 Å². The van der Waals surface area contributed by atoms with E-state index < -0.39 is 11.6 Å². The molecule has 4 heteroatoms. The number of hydrogen-bond donors (Lipinski definition) is 0. The second kappa shape index (κ2) is 6.20. The van der Waals surface area contributed by atoms with Gasteiger partial charge in [0.25, 0.3) is 0 Å². The van der Waals surface area contributed by atoms with E-state index in [9.17, 15) is 8.78 Å². The first-order valence-electron chi connectivity index (χ1n) is 8.04. The van der Waals surface area contributed by atoms with Gasteiger partial charge in [-0.2, -0.15) is 8.78 Å². The fraction of sp³-hybridized carbons (Fsp3) is 0.647. The highest BCUT2D eigenvalue weighted by Gasteiger charge is 2.32. The Bertz CT molecular complexity index is 528. The molecule has 1 aromatic rings. The largest absolute Gasteiger partial charge is 0.490 e. The minimum atomic E-state index is -0.877. The molecule has 21 heavy (non-hydrogen) atoms. The molecule has 2 aliphatic rings. The van der Waals surface area contributed by atoms with E-state index in [-0.39, 0.29) is 17.6 Å². The average Bonchev–Trinajstić information content (AvgIpc) is 2.53. The number of hydrogen-bond acceptors (Lipinski definition) is 2. The Balaban J connectivity index is 1.86. The van der Waals surface area contributed by atoms with E-state index in [4.69, 9.17) is 9.47 Å². The van der Waals surface area contributed by atoms with Crippen molar-refractivity contribution in [3.63, 3.8) is 0 Å². The van der Waals surface area contributed by atoms with E-state index in [1.54, 1.807) is 0 Å². The van der Waals surface area contributed by atoms with Crippen LogP contribution in [0, 0.1) is 11.6 Å². The van der Waals surface area contributed by atoms with Crippen LogP contribution in [-0.4, -0.2) is 12.7 Å². The van der Waals surface area contributed by atoms with Gasteiger partial charge < -0.3 is 9.47 Å².